The molecule has 4 bridgehead atoms. The third-order valence-electron chi connectivity index (χ3n) is 7.20. The average Bonchev–Trinajstić information content (AvgIpc) is 3.09. The minimum Gasteiger partial charge on any atom is -0.351 e. The molecule has 1 amide bonds. The van der Waals surface area contributed by atoms with E-state index in [0.29, 0.717) is 16.3 Å². The molecule has 148 valence electrons. The highest BCUT2D eigenvalue weighted by Gasteiger charge is 2.53. The number of tetrazole rings is 1. The van der Waals surface area contributed by atoms with Gasteiger partial charge in [0.25, 0.3) is 0 Å². The second-order valence-electron chi connectivity index (χ2n) is 9.22. The fourth-order valence-electron chi connectivity index (χ4n) is 6.33. The number of hydrogen-bond donors (Lipinski definition) is 1. The Kier molecular flexibility index (Phi) is 4.42. The molecule has 1 aromatic carbocycles. The van der Waals surface area contributed by atoms with Crippen LogP contribution in [0.1, 0.15) is 45.4 Å². The number of hydrogen-bond acceptors (Lipinski definition) is 4. The smallest absolute Gasteiger partial charge is 0.243 e. The van der Waals surface area contributed by atoms with E-state index in [-0.39, 0.29) is 18.5 Å². The number of nitrogens with zero attached hydrogens (tertiary/aromatic N) is 4. The van der Waals surface area contributed by atoms with Crippen LogP contribution in [-0.4, -0.2) is 32.2 Å². The quantitative estimate of drug-likeness (QED) is 0.831. The van der Waals surface area contributed by atoms with Crippen molar-refractivity contribution in [1.29, 1.82) is 0 Å². The van der Waals surface area contributed by atoms with Gasteiger partial charge in [-0.25, -0.2) is 0 Å². The van der Waals surface area contributed by atoms with Gasteiger partial charge in [-0.3, -0.25) is 4.79 Å². The minimum atomic E-state index is -0.0433. The molecule has 0 unspecified atom stereocenters. The van der Waals surface area contributed by atoms with Crippen molar-refractivity contribution in [2.24, 2.45) is 23.2 Å². The van der Waals surface area contributed by atoms with Crippen molar-refractivity contribution < 1.29 is 4.79 Å². The highest BCUT2D eigenvalue weighted by molar-refractivity contribution is 6.30. The van der Waals surface area contributed by atoms with E-state index in [1.54, 1.807) is 12.1 Å². The van der Waals surface area contributed by atoms with Crippen LogP contribution in [0.2, 0.25) is 5.02 Å². The molecule has 4 aliphatic rings. The Morgan fingerprint density at radius 3 is 2.57 bits per heavy atom. The van der Waals surface area contributed by atoms with Gasteiger partial charge in [0, 0.05) is 16.6 Å². The lowest BCUT2D eigenvalue weighted by Crippen LogP contribution is -2.56. The predicted octanol–water partition coefficient (Wildman–Crippen LogP) is 3.71. The normalized spacial score (nSPS) is 31.7. The summed E-state index contributed by atoms with van der Waals surface area (Å²) in [6, 6.07) is 7.51. The topological polar surface area (TPSA) is 72.7 Å². The van der Waals surface area contributed by atoms with Crippen LogP contribution in [0.25, 0.3) is 11.4 Å². The Morgan fingerprint density at radius 1 is 1.25 bits per heavy atom. The van der Waals surface area contributed by atoms with Gasteiger partial charge >= 0.3 is 0 Å². The first-order chi connectivity index (χ1) is 13.5. The van der Waals surface area contributed by atoms with Gasteiger partial charge in [0.1, 0.15) is 6.54 Å². The van der Waals surface area contributed by atoms with Gasteiger partial charge in [-0.15, -0.1) is 10.2 Å². The molecule has 1 heterocycles. The van der Waals surface area contributed by atoms with Crippen LogP contribution in [0, 0.1) is 23.2 Å². The summed E-state index contributed by atoms with van der Waals surface area (Å²) in [5, 5.41) is 16.3. The second kappa shape index (κ2) is 6.83. The Hall–Kier alpha value is -1.95. The van der Waals surface area contributed by atoms with E-state index in [4.69, 9.17) is 11.6 Å². The van der Waals surface area contributed by atoms with Gasteiger partial charge in [0.2, 0.25) is 11.7 Å². The monoisotopic (exact) mass is 399 g/mol. The van der Waals surface area contributed by atoms with E-state index in [1.807, 2.05) is 12.1 Å². The largest absolute Gasteiger partial charge is 0.351 e. The van der Waals surface area contributed by atoms with Crippen molar-refractivity contribution in [2.75, 3.05) is 0 Å². The zero-order valence-corrected chi connectivity index (χ0v) is 16.9. The maximum Gasteiger partial charge on any atom is 0.243 e. The van der Waals surface area contributed by atoms with E-state index >= 15 is 0 Å². The Balaban J connectivity index is 1.23. The number of carbonyl (C=O) groups excluding carboxylic acids is 1. The van der Waals surface area contributed by atoms with Crippen molar-refractivity contribution in [3.63, 3.8) is 0 Å². The molecule has 2 aromatic rings. The van der Waals surface area contributed by atoms with E-state index in [1.165, 1.54) is 43.3 Å². The Labute approximate surface area is 170 Å². The molecule has 4 aliphatic carbocycles. The van der Waals surface area contributed by atoms with Crippen LogP contribution in [0.3, 0.4) is 0 Å². The molecule has 7 heteroatoms. The summed E-state index contributed by atoms with van der Waals surface area (Å²) in [4.78, 5) is 14.0. The third kappa shape index (κ3) is 3.32. The lowest BCUT2D eigenvalue weighted by atomic mass is 9.48. The predicted molar refractivity (Wildman–Crippen MR) is 106 cm³/mol. The van der Waals surface area contributed by atoms with Crippen LogP contribution < -0.4 is 5.32 Å². The number of halogens is 1. The van der Waals surface area contributed by atoms with Crippen molar-refractivity contribution in [3.8, 4) is 11.4 Å². The van der Waals surface area contributed by atoms with Crippen molar-refractivity contribution >= 4 is 17.5 Å². The van der Waals surface area contributed by atoms with Gasteiger partial charge in [0.15, 0.2) is 0 Å². The van der Waals surface area contributed by atoms with Crippen molar-refractivity contribution in [3.05, 3.63) is 29.3 Å². The van der Waals surface area contributed by atoms with Gasteiger partial charge in [-0.05, 0) is 86.0 Å². The van der Waals surface area contributed by atoms with E-state index in [0.717, 1.165) is 23.3 Å². The Morgan fingerprint density at radius 2 is 1.93 bits per heavy atom. The fraction of sp³-hybridized carbons (Fsp3) is 0.619. The lowest BCUT2D eigenvalue weighted by Gasteiger charge is -2.59. The SMILES string of the molecule is C[C@@H](NC(=O)Cn1nnc(-c2cccc(Cl)c2)n1)C12CC3CC(CC(C3)C1)C2. The molecule has 1 atom stereocenters. The zero-order valence-electron chi connectivity index (χ0n) is 16.1. The van der Waals surface area contributed by atoms with Gasteiger partial charge < -0.3 is 5.32 Å². The molecule has 0 saturated heterocycles. The number of benzene rings is 1. The second-order valence-corrected chi connectivity index (χ2v) is 9.66. The molecule has 28 heavy (non-hydrogen) atoms. The van der Waals surface area contributed by atoms with E-state index in [9.17, 15) is 4.79 Å². The van der Waals surface area contributed by atoms with E-state index in [2.05, 4.69) is 27.7 Å². The van der Waals surface area contributed by atoms with Gasteiger partial charge in [-0.2, -0.15) is 4.80 Å². The van der Waals surface area contributed by atoms with Crippen molar-refractivity contribution in [1.82, 2.24) is 25.5 Å². The minimum absolute atomic E-state index is 0.0433. The maximum atomic E-state index is 12.7. The molecule has 6 rings (SSSR count). The molecular formula is C21H26ClN5O. The first kappa shape index (κ1) is 18.1. The summed E-state index contributed by atoms with van der Waals surface area (Å²) in [6.45, 7) is 2.28. The van der Waals surface area contributed by atoms with Crippen LogP contribution in [-0.2, 0) is 11.3 Å². The van der Waals surface area contributed by atoms with Crippen molar-refractivity contribution in [2.45, 2.75) is 58.0 Å². The highest BCUT2D eigenvalue weighted by atomic mass is 35.5. The third-order valence-corrected chi connectivity index (χ3v) is 7.44. The molecule has 0 spiro atoms. The number of nitrogens with one attached hydrogen (secondary N) is 1. The highest BCUT2D eigenvalue weighted by Crippen LogP contribution is 2.61. The standard InChI is InChI=1S/C21H26ClN5O/c1-13(21-9-14-5-15(10-21)7-16(6-14)11-21)23-19(28)12-27-25-20(24-26-27)17-3-2-4-18(22)8-17/h2-4,8,13-16H,5-7,9-12H2,1H3,(H,23,28)/t13-,14?,15?,16?,21?/m1/s1. The molecule has 4 fully saturated rings. The van der Waals surface area contributed by atoms with Crippen LogP contribution in [0.5, 0.6) is 0 Å². The van der Waals surface area contributed by atoms with Gasteiger partial charge in [-0.1, -0.05) is 23.7 Å². The summed E-state index contributed by atoms with van der Waals surface area (Å²) >= 11 is 6.03. The molecular weight excluding hydrogens is 374 g/mol. The first-order valence-electron chi connectivity index (χ1n) is 10.3. The fourth-order valence-corrected chi connectivity index (χ4v) is 6.52. The summed E-state index contributed by atoms with van der Waals surface area (Å²) in [5.74, 6) is 3.07. The maximum absolute atomic E-state index is 12.7. The molecule has 6 nitrogen and oxygen atoms in total. The summed E-state index contributed by atoms with van der Waals surface area (Å²) in [6.07, 6.45) is 8.07. The number of aromatic nitrogens is 4. The molecule has 1 aromatic heterocycles. The first-order valence-corrected chi connectivity index (χ1v) is 10.7. The van der Waals surface area contributed by atoms with Crippen LogP contribution >= 0.6 is 11.6 Å². The van der Waals surface area contributed by atoms with Crippen LogP contribution in [0.15, 0.2) is 24.3 Å². The van der Waals surface area contributed by atoms with E-state index < -0.39 is 0 Å². The lowest BCUT2D eigenvalue weighted by molar-refractivity contribution is -0.126. The summed E-state index contributed by atoms with van der Waals surface area (Å²) in [7, 11) is 0. The Bertz CT molecular complexity index is 859. The number of amides is 1. The molecule has 0 radical (unpaired) electrons. The summed E-state index contributed by atoms with van der Waals surface area (Å²) < 4.78 is 0. The molecule has 4 saturated carbocycles. The van der Waals surface area contributed by atoms with Crippen LogP contribution in [0.4, 0.5) is 0 Å². The average molecular weight is 400 g/mol. The number of rotatable bonds is 5. The number of carbonyl (C=O) groups is 1. The summed E-state index contributed by atoms with van der Waals surface area (Å²) in [5.41, 5.74) is 1.09. The zero-order chi connectivity index (χ0) is 19.3. The van der Waals surface area contributed by atoms with Gasteiger partial charge in [0.05, 0.1) is 0 Å². The molecule has 0 aliphatic heterocycles. The molecule has 1 N–H and O–H groups in total.